The van der Waals surface area contributed by atoms with Crippen molar-refractivity contribution in [2.24, 2.45) is 0 Å². The van der Waals surface area contributed by atoms with Gasteiger partial charge in [0, 0.05) is 0 Å². The highest BCUT2D eigenvalue weighted by molar-refractivity contribution is 5.43. The minimum atomic E-state index is -0.0882. The predicted molar refractivity (Wildman–Crippen MR) is 59.6 cm³/mol. The van der Waals surface area contributed by atoms with Crippen LogP contribution in [0.2, 0.25) is 0 Å². The van der Waals surface area contributed by atoms with Crippen LogP contribution in [-0.4, -0.2) is 20.3 Å². The van der Waals surface area contributed by atoms with E-state index in [2.05, 4.69) is 18.8 Å². The van der Waals surface area contributed by atoms with Crippen LogP contribution in [0.25, 0.3) is 0 Å². The van der Waals surface area contributed by atoms with E-state index in [4.69, 9.17) is 9.47 Å². The molecule has 1 aromatic rings. The minimum absolute atomic E-state index is 0.0882. The minimum Gasteiger partial charge on any atom is -0.493 e. The quantitative estimate of drug-likeness (QED) is 0.700. The maximum Gasteiger partial charge on any atom is 0.161 e. The largest absolute Gasteiger partial charge is 0.493 e. The van der Waals surface area contributed by atoms with E-state index in [-0.39, 0.29) is 13.2 Å². The first-order valence-electron chi connectivity index (χ1n) is 5.23. The van der Waals surface area contributed by atoms with Gasteiger partial charge in [0.05, 0.1) is 7.11 Å². The molecule has 0 saturated heterocycles. The molecule has 0 aliphatic rings. The Bertz CT molecular complexity index is 326. The van der Waals surface area contributed by atoms with Gasteiger partial charge in [0.2, 0.25) is 0 Å². The summed E-state index contributed by atoms with van der Waals surface area (Å²) in [5.41, 5.74) is 1.17. The van der Waals surface area contributed by atoms with Gasteiger partial charge < -0.3 is 9.47 Å². The summed E-state index contributed by atoms with van der Waals surface area (Å²) in [4.78, 5) is 3.43. The summed E-state index contributed by atoms with van der Waals surface area (Å²) in [5, 5.41) is 0. The second-order valence-corrected chi connectivity index (χ2v) is 3.73. The normalized spacial score (nSPS) is 10.6. The molecule has 0 aromatic heterocycles. The number of methoxy groups -OCH3 is 1. The van der Waals surface area contributed by atoms with Gasteiger partial charge in [-0.25, -0.2) is 0 Å². The Morgan fingerprint density at radius 3 is 2.50 bits per heavy atom. The van der Waals surface area contributed by atoms with Crippen LogP contribution in [0.3, 0.4) is 0 Å². The molecule has 16 heavy (non-hydrogen) atoms. The van der Waals surface area contributed by atoms with Gasteiger partial charge in [-0.15, -0.1) is 0 Å². The summed E-state index contributed by atoms with van der Waals surface area (Å²) in [6.45, 7) is 4.28. The first-order valence-corrected chi connectivity index (χ1v) is 5.23. The summed E-state index contributed by atoms with van der Waals surface area (Å²) < 4.78 is 22.0. The molecule has 0 atom stereocenters. The number of hydrogen-bond donors (Lipinski definition) is 0. The Morgan fingerprint density at radius 2 is 1.94 bits per heavy atom. The zero-order chi connectivity index (χ0) is 12.0. The van der Waals surface area contributed by atoms with Crippen molar-refractivity contribution in [3.8, 4) is 11.5 Å². The van der Waals surface area contributed by atoms with E-state index >= 15 is 0 Å². The Labute approximate surface area is 95.0 Å². The molecule has 4 heteroatoms. The van der Waals surface area contributed by atoms with Gasteiger partial charge in [0.15, 0.2) is 11.5 Å². The van der Waals surface area contributed by atoms with Crippen LogP contribution < -0.4 is 9.47 Å². The topological polar surface area (TPSA) is 27.7 Å². The van der Waals surface area contributed by atoms with Crippen molar-refractivity contribution in [3.63, 3.8) is 0 Å². The van der Waals surface area contributed by atoms with Gasteiger partial charge >= 0.3 is 0 Å². The summed E-state index contributed by atoms with van der Waals surface area (Å²) in [6, 6.07) is 5.72. The van der Waals surface area contributed by atoms with E-state index in [1.807, 2.05) is 18.2 Å². The number of benzene rings is 1. The third-order valence-electron chi connectivity index (χ3n) is 2.27. The fraction of sp³-hybridized carbons (Fsp3) is 0.500. The highest BCUT2D eigenvalue weighted by Gasteiger charge is 2.07. The van der Waals surface area contributed by atoms with Crippen LogP contribution in [0.15, 0.2) is 18.2 Å². The summed E-state index contributed by atoms with van der Waals surface area (Å²) in [6.07, 6.45) is 0. The Morgan fingerprint density at radius 1 is 1.19 bits per heavy atom. The summed E-state index contributed by atoms with van der Waals surface area (Å²) >= 11 is 0. The number of hydrogen-bond acceptors (Lipinski definition) is 3. The number of ether oxygens (including phenoxy) is 2. The molecular formula is C12H17FO3. The van der Waals surface area contributed by atoms with Crippen LogP contribution >= 0.6 is 0 Å². The van der Waals surface area contributed by atoms with E-state index in [0.29, 0.717) is 17.4 Å². The van der Waals surface area contributed by atoms with E-state index in [1.165, 1.54) is 5.56 Å². The molecule has 90 valence electrons. The molecule has 0 N–H and O–H groups in total. The highest BCUT2D eigenvalue weighted by atomic mass is 19.3. The highest BCUT2D eigenvalue weighted by Crippen LogP contribution is 2.30. The van der Waals surface area contributed by atoms with Crippen LogP contribution in [0, 0.1) is 0 Å². The lowest BCUT2D eigenvalue weighted by Crippen LogP contribution is -2.04. The Balaban J connectivity index is 2.76. The molecule has 0 spiro atoms. The molecule has 0 radical (unpaired) electrons. The van der Waals surface area contributed by atoms with Gasteiger partial charge in [-0.3, -0.25) is 0 Å². The van der Waals surface area contributed by atoms with Crippen molar-refractivity contribution in [1.82, 2.24) is 0 Å². The summed E-state index contributed by atoms with van der Waals surface area (Å²) in [7, 11) is 1.58. The second-order valence-electron chi connectivity index (χ2n) is 3.73. The van der Waals surface area contributed by atoms with Crippen LogP contribution in [0.1, 0.15) is 25.3 Å². The zero-order valence-corrected chi connectivity index (χ0v) is 9.83. The molecule has 0 unspecified atom stereocenters. The van der Waals surface area contributed by atoms with E-state index in [1.54, 1.807) is 7.11 Å². The van der Waals surface area contributed by atoms with Gasteiger partial charge in [-0.2, -0.15) is 4.94 Å². The van der Waals surface area contributed by atoms with Crippen molar-refractivity contribution in [1.29, 1.82) is 0 Å². The summed E-state index contributed by atoms with van der Waals surface area (Å²) in [5.74, 6) is 1.69. The standard InChI is InChI=1S/C12H17FO3/c1-9(2)10-4-5-11(12(8-10)14-3)15-6-7-16-13/h4-5,8-9H,6-7H2,1-3H3. The van der Waals surface area contributed by atoms with Crippen molar-refractivity contribution in [2.75, 3.05) is 20.3 Å². The van der Waals surface area contributed by atoms with Crippen molar-refractivity contribution in [2.45, 2.75) is 19.8 Å². The molecule has 1 aromatic carbocycles. The lowest BCUT2D eigenvalue weighted by molar-refractivity contribution is -0.138. The van der Waals surface area contributed by atoms with Crippen LogP contribution in [-0.2, 0) is 4.94 Å². The van der Waals surface area contributed by atoms with Gasteiger partial charge in [0.25, 0.3) is 0 Å². The third kappa shape index (κ3) is 3.38. The predicted octanol–water partition coefficient (Wildman–Crippen LogP) is 3.10. The van der Waals surface area contributed by atoms with Crippen molar-refractivity contribution in [3.05, 3.63) is 23.8 Å². The first kappa shape index (κ1) is 12.8. The monoisotopic (exact) mass is 228 g/mol. The molecule has 0 amide bonds. The maximum atomic E-state index is 11.4. The molecule has 3 nitrogen and oxygen atoms in total. The lowest BCUT2D eigenvalue weighted by atomic mass is 10.0. The molecule has 0 bridgehead atoms. The maximum absolute atomic E-state index is 11.4. The second kappa shape index (κ2) is 6.33. The fourth-order valence-electron chi connectivity index (χ4n) is 1.35. The van der Waals surface area contributed by atoms with E-state index in [0.717, 1.165) is 0 Å². The molecule has 0 fully saturated rings. The van der Waals surface area contributed by atoms with Crippen LogP contribution in [0.4, 0.5) is 4.53 Å². The molecule has 1 rings (SSSR count). The lowest BCUT2D eigenvalue weighted by Gasteiger charge is -2.13. The molecule has 0 aliphatic heterocycles. The third-order valence-corrected chi connectivity index (χ3v) is 2.27. The van der Waals surface area contributed by atoms with E-state index < -0.39 is 0 Å². The average Bonchev–Trinajstić information content (AvgIpc) is 2.29. The van der Waals surface area contributed by atoms with Crippen molar-refractivity contribution >= 4 is 0 Å². The van der Waals surface area contributed by atoms with Gasteiger partial charge in [-0.1, -0.05) is 19.9 Å². The number of rotatable bonds is 6. The number of halogens is 1. The Kier molecular flexibility index (Phi) is 5.05. The Hall–Kier alpha value is -1.29. The molecule has 0 saturated carbocycles. The van der Waals surface area contributed by atoms with Crippen LogP contribution in [0.5, 0.6) is 11.5 Å². The first-order chi connectivity index (χ1) is 7.69. The average molecular weight is 228 g/mol. The van der Waals surface area contributed by atoms with Gasteiger partial charge in [0.1, 0.15) is 13.2 Å². The van der Waals surface area contributed by atoms with Crippen molar-refractivity contribution < 1.29 is 18.9 Å². The molecule has 0 heterocycles. The fourth-order valence-corrected chi connectivity index (χ4v) is 1.35. The SMILES string of the molecule is COc1cc(C(C)C)ccc1OCCOF. The smallest absolute Gasteiger partial charge is 0.161 e. The zero-order valence-electron chi connectivity index (χ0n) is 9.83. The van der Waals surface area contributed by atoms with Gasteiger partial charge in [-0.05, 0) is 28.1 Å². The van der Waals surface area contributed by atoms with E-state index in [9.17, 15) is 4.53 Å². The molecular weight excluding hydrogens is 211 g/mol. The molecule has 0 aliphatic carbocycles.